The van der Waals surface area contributed by atoms with E-state index in [4.69, 9.17) is 0 Å². The average molecular weight is 172 g/mol. The molecule has 0 amide bonds. The molecule has 1 atom stereocenters. The van der Waals surface area contributed by atoms with Crippen molar-refractivity contribution >= 4 is 12.6 Å². The highest BCUT2D eigenvalue weighted by Crippen LogP contribution is 2.31. The maximum Gasteiger partial charge on any atom is -0.00670 e. The van der Waals surface area contributed by atoms with Crippen molar-refractivity contribution in [3.05, 3.63) is 0 Å². The van der Waals surface area contributed by atoms with Crippen molar-refractivity contribution in [2.75, 3.05) is 5.75 Å². The quantitative estimate of drug-likeness (QED) is 0.619. The van der Waals surface area contributed by atoms with Crippen LogP contribution in [0.1, 0.15) is 45.4 Å². The van der Waals surface area contributed by atoms with E-state index >= 15 is 0 Å². The van der Waals surface area contributed by atoms with Crippen LogP contribution in [0, 0.1) is 11.8 Å². The minimum absolute atomic E-state index is 0.902. The summed E-state index contributed by atoms with van der Waals surface area (Å²) in [6, 6.07) is 0. The molecule has 0 aromatic carbocycles. The third-order valence-corrected chi connectivity index (χ3v) is 3.54. The van der Waals surface area contributed by atoms with Crippen molar-refractivity contribution < 1.29 is 0 Å². The zero-order valence-electron chi connectivity index (χ0n) is 7.55. The van der Waals surface area contributed by atoms with Crippen molar-refractivity contribution in [1.29, 1.82) is 0 Å². The molecule has 66 valence electrons. The Labute approximate surface area is 76.2 Å². The van der Waals surface area contributed by atoms with E-state index in [1.807, 2.05) is 0 Å². The molecule has 1 unspecified atom stereocenters. The fourth-order valence-electron chi connectivity index (χ4n) is 2.22. The van der Waals surface area contributed by atoms with E-state index in [9.17, 15) is 0 Å². The lowest BCUT2D eigenvalue weighted by Crippen LogP contribution is -2.18. The maximum absolute atomic E-state index is 4.41. The average Bonchev–Trinajstić information content (AvgIpc) is 2.09. The monoisotopic (exact) mass is 172 g/mol. The highest BCUT2D eigenvalue weighted by atomic mass is 32.1. The van der Waals surface area contributed by atoms with E-state index in [0.29, 0.717) is 0 Å². The summed E-state index contributed by atoms with van der Waals surface area (Å²) in [4.78, 5) is 0. The molecule has 0 spiro atoms. The lowest BCUT2D eigenvalue weighted by molar-refractivity contribution is 0.262. The van der Waals surface area contributed by atoms with Crippen molar-refractivity contribution in [3.63, 3.8) is 0 Å². The van der Waals surface area contributed by atoms with Gasteiger partial charge in [-0.3, -0.25) is 0 Å². The van der Waals surface area contributed by atoms with Gasteiger partial charge in [0.25, 0.3) is 0 Å². The minimum Gasteiger partial charge on any atom is -0.179 e. The van der Waals surface area contributed by atoms with Crippen molar-refractivity contribution in [3.8, 4) is 0 Å². The van der Waals surface area contributed by atoms with Crippen LogP contribution in [-0.2, 0) is 0 Å². The minimum atomic E-state index is 0.902. The summed E-state index contributed by atoms with van der Waals surface area (Å²) < 4.78 is 0. The summed E-state index contributed by atoms with van der Waals surface area (Å²) in [5.74, 6) is 3.01. The van der Waals surface area contributed by atoms with Crippen LogP contribution in [0.25, 0.3) is 0 Å². The molecule has 1 rings (SSSR count). The van der Waals surface area contributed by atoms with Gasteiger partial charge in [-0.05, 0) is 17.6 Å². The SMILES string of the molecule is CCC(CS)C1CCCCC1. The molecule has 1 aliphatic rings. The topological polar surface area (TPSA) is 0 Å². The first-order valence-corrected chi connectivity index (χ1v) is 5.62. The van der Waals surface area contributed by atoms with Gasteiger partial charge in [0.05, 0.1) is 0 Å². The number of thiol groups is 1. The van der Waals surface area contributed by atoms with Gasteiger partial charge >= 0.3 is 0 Å². The highest BCUT2D eigenvalue weighted by molar-refractivity contribution is 7.80. The Bertz CT molecular complexity index is 91.0. The van der Waals surface area contributed by atoms with E-state index in [2.05, 4.69) is 19.6 Å². The smallest absolute Gasteiger partial charge is 0.00670 e. The molecular weight excluding hydrogens is 152 g/mol. The summed E-state index contributed by atoms with van der Waals surface area (Å²) in [6.45, 7) is 2.30. The molecular formula is C10H20S. The normalized spacial score (nSPS) is 23.5. The van der Waals surface area contributed by atoms with Crippen LogP contribution in [0.15, 0.2) is 0 Å². The van der Waals surface area contributed by atoms with E-state index in [-0.39, 0.29) is 0 Å². The number of hydrogen-bond acceptors (Lipinski definition) is 1. The maximum atomic E-state index is 4.41. The molecule has 0 aliphatic heterocycles. The van der Waals surface area contributed by atoms with Crippen LogP contribution < -0.4 is 0 Å². The molecule has 1 saturated carbocycles. The van der Waals surface area contributed by atoms with Crippen molar-refractivity contribution in [2.24, 2.45) is 11.8 Å². The molecule has 0 radical (unpaired) electrons. The highest BCUT2D eigenvalue weighted by Gasteiger charge is 2.20. The first-order valence-electron chi connectivity index (χ1n) is 4.99. The summed E-state index contributed by atoms with van der Waals surface area (Å²) in [7, 11) is 0. The molecule has 11 heavy (non-hydrogen) atoms. The van der Waals surface area contributed by atoms with Crippen LogP contribution in [0.5, 0.6) is 0 Å². The fraction of sp³-hybridized carbons (Fsp3) is 1.00. The zero-order valence-corrected chi connectivity index (χ0v) is 8.45. The Morgan fingerprint density at radius 3 is 2.36 bits per heavy atom. The van der Waals surface area contributed by atoms with Gasteiger partial charge in [0.1, 0.15) is 0 Å². The Balaban J connectivity index is 2.30. The second kappa shape index (κ2) is 5.08. The second-order valence-electron chi connectivity index (χ2n) is 3.75. The molecule has 0 saturated heterocycles. The molecule has 0 nitrogen and oxygen atoms in total. The van der Waals surface area contributed by atoms with Gasteiger partial charge in [-0.1, -0.05) is 45.4 Å². The fourth-order valence-corrected chi connectivity index (χ4v) is 2.77. The largest absolute Gasteiger partial charge is 0.179 e. The van der Waals surface area contributed by atoms with E-state index in [1.54, 1.807) is 0 Å². The van der Waals surface area contributed by atoms with Crippen molar-refractivity contribution in [1.82, 2.24) is 0 Å². The number of rotatable bonds is 3. The Morgan fingerprint density at radius 1 is 1.27 bits per heavy atom. The van der Waals surface area contributed by atoms with Gasteiger partial charge < -0.3 is 0 Å². The molecule has 1 heteroatoms. The van der Waals surface area contributed by atoms with Crippen LogP contribution in [0.4, 0.5) is 0 Å². The number of hydrogen-bond donors (Lipinski definition) is 1. The van der Waals surface area contributed by atoms with Gasteiger partial charge in [-0.2, -0.15) is 12.6 Å². The first-order chi connectivity index (χ1) is 5.38. The summed E-state index contributed by atoms with van der Waals surface area (Å²) in [5, 5.41) is 0. The van der Waals surface area contributed by atoms with Crippen LogP contribution in [0.3, 0.4) is 0 Å². The summed E-state index contributed by atoms with van der Waals surface area (Å²) in [5.41, 5.74) is 0. The second-order valence-corrected chi connectivity index (χ2v) is 4.11. The van der Waals surface area contributed by atoms with E-state index < -0.39 is 0 Å². The van der Waals surface area contributed by atoms with Gasteiger partial charge in [-0.15, -0.1) is 0 Å². The molecule has 0 heterocycles. The predicted octanol–water partition coefficient (Wildman–Crippen LogP) is 3.52. The van der Waals surface area contributed by atoms with Gasteiger partial charge in [0, 0.05) is 0 Å². The molecule has 0 bridgehead atoms. The van der Waals surface area contributed by atoms with Gasteiger partial charge in [-0.25, -0.2) is 0 Å². The van der Waals surface area contributed by atoms with E-state index in [0.717, 1.165) is 17.6 Å². The van der Waals surface area contributed by atoms with E-state index in [1.165, 1.54) is 38.5 Å². The third kappa shape index (κ3) is 2.70. The van der Waals surface area contributed by atoms with Crippen LogP contribution >= 0.6 is 12.6 Å². The molecule has 0 aromatic rings. The lowest BCUT2D eigenvalue weighted by Gasteiger charge is -2.28. The van der Waals surface area contributed by atoms with Gasteiger partial charge in [0.2, 0.25) is 0 Å². The predicted molar refractivity (Wildman–Crippen MR) is 54.2 cm³/mol. The summed E-state index contributed by atoms with van der Waals surface area (Å²) in [6.07, 6.45) is 8.68. The molecule has 0 N–H and O–H groups in total. The lowest BCUT2D eigenvalue weighted by atomic mass is 9.80. The van der Waals surface area contributed by atoms with Crippen molar-refractivity contribution in [2.45, 2.75) is 45.4 Å². The van der Waals surface area contributed by atoms with Crippen LogP contribution in [-0.4, -0.2) is 5.75 Å². The van der Waals surface area contributed by atoms with Crippen LogP contribution in [0.2, 0.25) is 0 Å². The summed E-state index contributed by atoms with van der Waals surface area (Å²) >= 11 is 4.41. The zero-order chi connectivity index (χ0) is 8.10. The Kier molecular flexibility index (Phi) is 4.36. The Hall–Kier alpha value is 0.350. The first kappa shape index (κ1) is 9.44. The standard InChI is InChI=1S/C10H20S/c1-2-9(8-11)10-6-4-3-5-7-10/h9-11H,2-8H2,1H3. The third-order valence-electron chi connectivity index (χ3n) is 3.08. The molecule has 0 aromatic heterocycles. The molecule has 1 fully saturated rings. The van der Waals surface area contributed by atoms with Gasteiger partial charge in [0.15, 0.2) is 0 Å². The molecule has 1 aliphatic carbocycles. The Morgan fingerprint density at radius 2 is 1.91 bits per heavy atom.